The maximum Gasteiger partial charge on any atom is 0.355 e. The first-order valence-corrected chi connectivity index (χ1v) is 17.8. The molecule has 0 aliphatic carbocycles. The molecule has 268 valence electrons. The van der Waals surface area contributed by atoms with E-state index >= 15 is 0 Å². The number of aliphatic hydroxyl groups excluding tert-OH is 2. The Kier molecular flexibility index (Phi) is 39.9. The van der Waals surface area contributed by atoms with Crippen LogP contribution in [-0.2, 0) is 24.1 Å². The number of carbonyl (C=O) groups is 2. The number of rotatable bonds is 31. The van der Waals surface area contributed by atoms with Crippen molar-refractivity contribution in [2.45, 2.75) is 141 Å². The van der Waals surface area contributed by atoms with Crippen molar-refractivity contribution in [3.05, 3.63) is 72.9 Å². The lowest BCUT2D eigenvalue weighted by Crippen LogP contribution is -2.19. The lowest BCUT2D eigenvalue weighted by molar-refractivity contribution is -0.259. The summed E-state index contributed by atoms with van der Waals surface area (Å²) in [5, 5.41) is 17.9. The van der Waals surface area contributed by atoms with Crippen molar-refractivity contribution in [3.63, 3.8) is 0 Å². The molecule has 0 bridgehead atoms. The van der Waals surface area contributed by atoms with Gasteiger partial charge in [0.25, 0.3) is 0 Å². The van der Waals surface area contributed by atoms with Gasteiger partial charge in [-0.2, -0.15) is 0 Å². The molecule has 0 aromatic carbocycles. The third-order valence-corrected chi connectivity index (χ3v) is 7.01. The predicted molar refractivity (Wildman–Crippen MR) is 199 cm³/mol. The van der Waals surface area contributed by atoms with E-state index in [2.05, 4.69) is 89.6 Å². The molecule has 0 fully saturated rings. The SMILES string of the molecule is CC/C=C\C/C=C\C/C=C\CCCCCCCC(=O)OOC(=O)CCCCCCC/C=C\C/C=C\C/C=C\CCOCC(O)CO.[AlH3]. The molecule has 0 aliphatic heterocycles. The number of ether oxygens (including phenoxy) is 1. The van der Waals surface area contributed by atoms with Crippen molar-refractivity contribution in [1.82, 2.24) is 0 Å². The lowest BCUT2D eigenvalue weighted by atomic mass is 10.1. The highest BCUT2D eigenvalue weighted by Crippen LogP contribution is 2.11. The Hall–Kier alpha value is -2.21. The first-order chi connectivity index (χ1) is 22.6. The summed E-state index contributed by atoms with van der Waals surface area (Å²) < 4.78 is 5.24. The van der Waals surface area contributed by atoms with Crippen molar-refractivity contribution >= 4 is 29.3 Å². The number of hydrogen-bond donors (Lipinski definition) is 2. The summed E-state index contributed by atoms with van der Waals surface area (Å²) in [5.41, 5.74) is 0. The fourth-order valence-corrected chi connectivity index (χ4v) is 4.33. The molecule has 0 radical (unpaired) electrons. The summed E-state index contributed by atoms with van der Waals surface area (Å²) in [7, 11) is 0. The zero-order chi connectivity index (χ0) is 33.6. The molecule has 47 heavy (non-hydrogen) atoms. The van der Waals surface area contributed by atoms with E-state index in [-0.39, 0.29) is 43.4 Å². The van der Waals surface area contributed by atoms with Crippen LogP contribution in [0.5, 0.6) is 0 Å². The molecule has 0 spiro atoms. The highest BCUT2D eigenvalue weighted by Gasteiger charge is 2.09. The van der Waals surface area contributed by atoms with Crippen LogP contribution < -0.4 is 0 Å². The minimum Gasteiger partial charge on any atom is -0.394 e. The second-order valence-electron chi connectivity index (χ2n) is 11.4. The van der Waals surface area contributed by atoms with E-state index < -0.39 is 18.0 Å². The highest BCUT2D eigenvalue weighted by atomic mass is 27.0. The Bertz CT molecular complexity index is 877. The molecule has 0 saturated heterocycles. The molecule has 2 N–H and O–H groups in total. The van der Waals surface area contributed by atoms with Gasteiger partial charge in [-0.05, 0) is 77.0 Å². The molecule has 7 nitrogen and oxygen atoms in total. The van der Waals surface area contributed by atoms with Gasteiger partial charge in [0, 0.05) is 0 Å². The smallest absolute Gasteiger partial charge is 0.355 e. The summed E-state index contributed by atoms with van der Waals surface area (Å²) in [6, 6.07) is 0. The van der Waals surface area contributed by atoms with Crippen LogP contribution in [-0.4, -0.2) is 65.4 Å². The van der Waals surface area contributed by atoms with Crippen LogP contribution >= 0.6 is 0 Å². The molecule has 0 amide bonds. The Morgan fingerprint density at radius 3 is 1.38 bits per heavy atom. The number of aliphatic hydroxyl groups is 2. The number of unbranched alkanes of at least 4 members (excludes halogenated alkanes) is 10. The largest absolute Gasteiger partial charge is 0.394 e. The molecule has 0 aromatic rings. The van der Waals surface area contributed by atoms with Crippen LogP contribution in [0.2, 0.25) is 0 Å². The highest BCUT2D eigenvalue weighted by molar-refractivity contribution is 5.75. The van der Waals surface area contributed by atoms with E-state index in [1.54, 1.807) is 0 Å². The normalized spacial score (nSPS) is 12.7. The van der Waals surface area contributed by atoms with Crippen molar-refractivity contribution < 1.29 is 34.3 Å². The quantitative estimate of drug-likeness (QED) is 0.0251. The zero-order valence-corrected chi connectivity index (χ0v) is 28.7. The fourth-order valence-electron chi connectivity index (χ4n) is 4.33. The Morgan fingerprint density at radius 2 is 0.936 bits per heavy atom. The van der Waals surface area contributed by atoms with Gasteiger partial charge in [0.1, 0.15) is 6.10 Å². The van der Waals surface area contributed by atoms with E-state index in [9.17, 15) is 9.59 Å². The summed E-state index contributed by atoms with van der Waals surface area (Å²) in [6.45, 7) is 2.59. The van der Waals surface area contributed by atoms with Gasteiger partial charge in [-0.15, -0.1) is 0 Å². The fraction of sp³-hybridized carbons (Fsp3) is 0.641. The van der Waals surface area contributed by atoms with Gasteiger partial charge in [-0.25, -0.2) is 19.4 Å². The van der Waals surface area contributed by atoms with E-state index in [0.717, 1.165) is 116 Å². The summed E-state index contributed by atoms with van der Waals surface area (Å²) in [6.07, 6.45) is 43.9. The van der Waals surface area contributed by atoms with Gasteiger partial charge in [0.15, 0.2) is 17.4 Å². The third-order valence-electron chi connectivity index (χ3n) is 7.01. The zero-order valence-electron chi connectivity index (χ0n) is 28.7. The summed E-state index contributed by atoms with van der Waals surface area (Å²) >= 11 is 0. The van der Waals surface area contributed by atoms with Crippen LogP contribution in [0.3, 0.4) is 0 Å². The Balaban J connectivity index is 0. The van der Waals surface area contributed by atoms with Crippen LogP contribution in [0, 0.1) is 0 Å². The van der Waals surface area contributed by atoms with Gasteiger partial charge in [0.2, 0.25) is 0 Å². The van der Waals surface area contributed by atoms with Crippen LogP contribution in [0.15, 0.2) is 72.9 Å². The van der Waals surface area contributed by atoms with Crippen LogP contribution in [0.4, 0.5) is 0 Å². The predicted octanol–water partition coefficient (Wildman–Crippen LogP) is 8.33. The Labute approximate surface area is 297 Å². The Morgan fingerprint density at radius 1 is 0.553 bits per heavy atom. The van der Waals surface area contributed by atoms with Crippen LogP contribution in [0.1, 0.15) is 135 Å². The van der Waals surface area contributed by atoms with Crippen molar-refractivity contribution in [2.24, 2.45) is 0 Å². The summed E-state index contributed by atoms with van der Waals surface area (Å²) in [4.78, 5) is 33.0. The molecular weight excluding hydrogens is 607 g/mol. The standard InChI is InChI=1S/C39H64O7.Al.3H/c1-2-3-4-5-6-7-8-9-11-14-17-20-23-26-29-32-38(42)45-46-39(43)33-30-27-24-21-18-15-12-10-13-16-19-22-25-28-31-34-44-36-37(41)35-40;;;;/h3-4,6-7,9-12,16,19,25,28,37,40-41H,2,5,8,13-15,17-18,20-24,26-27,29-36H2,1H3;;;;/b4-3-,7-6-,11-9-,12-10-,19-16-,28-25-;;;;. The second-order valence-corrected chi connectivity index (χ2v) is 11.4. The van der Waals surface area contributed by atoms with E-state index in [1.807, 2.05) is 0 Å². The van der Waals surface area contributed by atoms with E-state index in [0.29, 0.717) is 6.61 Å². The second kappa shape index (κ2) is 40.0. The molecule has 0 heterocycles. The van der Waals surface area contributed by atoms with Gasteiger partial charge >= 0.3 is 11.9 Å². The first-order valence-electron chi connectivity index (χ1n) is 17.8. The maximum atomic E-state index is 11.8. The molecule has 0 saturated carbocycles. The van der Waals surface area contributed by atoms with Gasteiger partial charge < -0.3 is 14.9 Å². The molecule has 0 rings (SSSR count). The number of carbonyl (C=O) groups excluding carboxylic acids is 2. The van der Waals surface area contributed by atoms with Crippen molar-refractivity contribution in [3.8, 4) is 0 Å². The molecule has 0 aliphatic rings. The van der Waals surface area contributed by atoms with Gasteiger partial charge in [-0.3, -0.25) is 0 Å². The van der Waals surface area contributed by atoms with Crippen LogP contribution in [0.25, 0.3) is 0 Å². The molecule has 1 atom stereocenters. The average molecular weight is 675 g/mol. The first kappa shape index (κ1) is 46.9. The molecule has 8 heteroatoms. The maximum absolute atomic E-state index is 11.8. The van der Waals surface area contributed by atoms with Crippen molar-refractivity contribution in [1.29, 1.82) is 0 Å². The van der Waals surface area contributed by atoms with E-state index in [1.165, 1.54) is 0 Å². The monoisotopic (exact) mass is 674 g/mol. The average Bonchev–Trinajstić information content (AvgIpc) is 3.06. The molecule has 0 aromatic heterocycles. The van der Waals surface area contributed by atoms with Crippen molar-refractivity contribution in [2.75, 3.05) is 19.8 Å². The minimum atomic E-state index is -0.793. The number of hydrogen-bond acceptors (Lipinski definition) is 7. The third kappa shape index (κ3) is 39.9. The summed E-state index contributed by atoms with van der Waals surface area (Å²) in [5.74, 6) is -0.939. The lowest BCUT2D eigenvalue weighted by Gasteiger charge is -2.06. The number of allylic oxidation sites excluding steroid dienone is 11. The van der Waals surface area contributed by atoms with Gasteiger partial charge in [-0.1, -0.05) is 118 Å². The molecule has 1 unspecified atom stereocenters. The minimum absolute atomic E-state index is 0. The van der Waals surface area contributed by atoms with E-state index in [4.69, 9.17) is 14.9 Å². The van der Waals surface area contributed by atoms with Gasteiger partial charge in [0.05, 0.1) is 32.7 Å². The topological polar surface area (TPSA) is 102 Å². The molecular formula is C39H67AlO7.